The zero-order valence-electron chi connectivity index (χ0n) is 11.0. The van der Waals surface area contributed by atoms with Gasteiger partial charge in [-0.2, -0.15) is 0 Å². The van der Waals surface area contributed by atoms with Gasteiger partial charge in [0.1, 0.15) is 0 Å². The van der Waals surface area contributed by atoms with E-state index in [1.807, 2.05) is 0 Å². The normalized spacial score (nSPS) is 19.4. The van der Waals surface area contributed by atoms with Crippen molar-refractivity contribution in [2.45, 2.75) is 38.3 Å². The molecule has 0 saturated heterocycles. The molecular formula is C15H19N3S. The summed E-state index contributed by atoms with van der Waals surface area (Å²) in [6.07, 6.45) is 5.66. The van der Waals surface area contributed by atoms with Crippen molar-refractivity contribution in [3.63, 3.8) is 0 Å². The number of nitrogen functional groups attached to an aromatic ring is 1. The maximum atomic E-state index is 5.77. The van der Waals surface area contributed by atoms with E-state index in [9.17, 15) is 0 Å². The molecule has 4 heteroatoms. The SMILES string of the molecule is Nc1nc2ccc(CN(CC3CC3)C3CC3)cc2s1. The van der Waals surface area contributed by atoms with E-state index in [0.29, 0.717) is 5.13 Å². The van der Waals surface area contributed by atoms with E-state index in [1.165, 1.54) is 42.5 Å². The topological polar surface area (TPSA) is 42.1 Å². The summed E-state index contributed by atoms with van der Waals surface area (Å²) < 4.78 is 1.22. The smallest absolute Gasteiger partial charge is 0.181 e. The molecule has 1 aromatic carbocycles. The Morgan fingerprint density at radius 2 is 2.11 bits per heavy atom. The third kappa shape index (κ3) is 2.60. The summed E-state index contributed by atoms with van der Waals surface area (Å²) in [5, 5.41) is 0.671. The summed E-state index contributed by atoms with van der Waals surface area (Å²) in [6, 6.07) is 7.44. The molecule has 0 atom stereocenters. The van der Waals surface area contributed by atoms with Crippen LogP contribution in [-0.4, -0.2) is 22.5 Å². The van der Waals surface area contributed by atoms with Crippen LogP contribution in [0.15, 0.2) is 18.2 Å². The number of anilines is 1. The molecule has 2 aromatic rings. The minimum Gasteiger partial charge on any atom is -0.375 e. The largest absolute Gasteiger partial charge is 0.375 e. The number of rotatable bonds is 5. The van der Waals surface area contributed by atoms with E-state index in [0.717, 1.165) is 24.0 Å². The van der Waals surface area contributed by atoms with Crippen LogP contribution in [0.3, 0.4) is 0 Å². The van der Waals surface area contributed by atoms with Gasteiger partial charge in [0.2, 0.25) is 0 Å². The van der Waals surface area contributed by atoms with Gasteiger partial charge in [0.15, 0.2) is 5.13 Å². The molecule has 2 fully saturated rings. The van der Waals surface area contributed by atoms with E-state index in [-0.39, 0.29) is 0 Å². The van der Waals surface area contributed by atoms with Gasteiger partial charge in [0.05, 0.1) is 10.2 Å². The van der Waals surface area contributed by atoms with Crippen LogP contribution in [0.4, 0.5) is 5.13 Å². The van der Waals surface area contributed by atoms with Crippen LogP contribution >= 0.6 is 11.3 Å². The Balaban J connectivity index is 1.54. The van der Waals surface area contributed by atoms with Crippen molar-refractivity contribution in [3.05, 3.63) is 23.8 Å². The Labute approximate surface area is 117 Å². The number of thiazole rings is 1. The third-order valence-electron chi connectivity index (χ3n) is 4.11. The van der Waals surface area contributed by atoms with Crippen LogP contribution in [0.1, 0.15) is 31.2 Å². The van der Waals surface area contributed by atoms with Crippen LogP contribution in [-0.2, 0) is 6.54 Å². The highest BCUT2D eigenvalue weighted by Crippen LogP contribution is 2.36. The van der Waals surface area contributed by atoms with Crippen molar-refractivity contribution < 1.29 is 0 Å². The molecule has 1 heterocycles. The number of nitrogens with zero attached hydrogens (tertiary/aromatic N) is 2. The number of aromatic nitrogens is 1. The lowest BCUT2D eigenvalue weighted by molar-refractivity contribution is 0.244. The molecule has 100 valence electrons. The first-order chi connectivity index (χ1) is 9.28. The van der Waals surface area contributed by atoms with Crippen molar-refractivity contribution in [1.82, 2.24) is 9.88 Å². The number of fused-ring (bicyclic) bond motifs is 1. The Kier molecular flexibility index (Phi) is 2.74. The van der Waals surface area contributed by atoms with Gasteiger partial charge < -0.3 is 5.73 Å². The average Bonchev–Trinajstić information content (AvgIpc) is 3.25. The number of nitrogens with two attached hydrogens (primary N) is 1. The molecule has 19 heavy (non-hydrogen) atoms. The van der Waals surface area contributed by atoms with Gasteiger partial charge in [-0.25, -0.2) is 4.98 Å². The lowest BCUT2D eigenvalue weighted by Gasteiger charge is -2.21. The van der Waals surface area contributed by atoms with Crippen LogP contribution < -0.4 is 5.73 Å². The van der Waals surface area contributed by atoms with E-state index in [1.54, 1.807) is 11.3 Å². The lowest BCUT2D eigenvalue weighted by atomic mass is 10.2. The fourth-order valence-electron chi connectivity index (χ4n) is 2.73. The van der Waals surface area contributed by atoms with Gasteiger partial charge in [0.25, 0.3) is 0 Å². The average molecular weight is 273 g/mol. The molecule has 0 bridgehead atoms. The van der Waals surface area contributed by atoms with E-state index in [2.05, 4.69) is 28.1 Å². The molecular weight excluding hydrogens is 254 g/mol. The first-order valence-corrected chi connectivity index (χ1v) is 7.98. The van der Waals surface area contributed by atoms with Crippen molar-refractivity contribution in [3.8, 4) is 0 Å². The molecule has 0 spiro atoms. The molecule has 2 aliphatic carbocycles. The van der Waals surface area contributed by atoms with E-state index < -0.39 is 0 Å². The first kappa shape index (κ1) is 11.7. The summed E-state index contributed by atoms with van der Waals surface area (Å²) in [5.41, 5.74) is 8.21. The van der Waals surface area contributed by atoms with Gasteiger partial charge >= 0.3 is 0 Å². The number of hydrogen-bond donors (Lipinski definition) is 1. The summed E-state index contributed by atoms with van der Waals surface area (Å²) in [4.78, 5) is 7.01. The summed E-state index contributed by atoms with van der Waals surface area (Å²) >= 11 is 1.59. The second-order valence-electron chi connectivity index (χ2n) is 5.96. The third-order valence-corrected chi connectivity index (χ3v) is 4.96. The predicted molar refractivity (Wildman–Crippen MR) is 80.2 cm³/mol. The highest BCUT2D eigenvalue weighted by Gasteiger charge is 2.33. The molecule has 0 unspecified atom stereocenters. The van der Waals surface area contributed by atoms with Gasteiger partial charge in [-0.1, -0.05) is 17.4 Å². The Hall–Kier alpha value is -1.13. The summed E-state index contributed by atoms with van der Waals surface area (Å²) in [5.74, 6) is 0.975. The van der Waals surface area contributed by atoms with Crippen LogP contribution in [0.2, 0.25) is 0 Å². The first-order valence-electron chi connectivity index (χ1n) is 7.17. The zero-order valence-corrected chi connectivity index (χ0v) is 11.8. The summed E-state index contributed by atoms with van der Waals surface area (Å²) in [6.45, 7) is 2.39. The minimum absolute atomic E-state index is 0.671. The monoisotopic (exact) mass is 273 g/mol. The summed E-state index contributed by atoms with van der Waals surface area (Å²) in [7, 11) is 0. The molecule has 0 aliphatic heterocycles. The van der Waals surface area contributed by atoms with Crippen LogP contribution in [0.25, 0.3) is 10.2 Å². The maximum absolute atomic E-state index is 5.77. The van der Waals surface area contributed by atoms with Crippen LogP contribution in [0, 0.1) is 5.92 Å². The van der Waals surface area contributed by atoms with E-state index >= 15 is 0 Å². The standard InChI is InChI=1S/C15H19N3S/c16-15-17-13-6-3-11(7-14(13)19-15)9-18(12-4-5-12)8-10-1-2-10/h3,6-7,10,12H,1-2,4-5,8-9H2,(H2,16,17). The Bertz CT molecular complexity index is 598. The van der Waals surface area contributed by atoms with Gasteiger partial charge in [0, 0.05) is 19.1 Å². The van der Waals surface area contributed by atoms with Crippen molar-refractivity contribution >= 4 is 26.7 Å². The number of hydrogen-bond acceptors (Lipinski definition) is 4. The highest BCUT2D eigenvalue weighted by molar-refractivity contribution is 7.22. The maximum Gasteiger partial charge on any atom is 0.181 e. The fourth-order valence-corrected chi connectivity index (χ4v) is 3.53. The molecule has 4 rings (SSSR count). The van der Waals surface area contributed by atoms with Crippen LogP contribution in [0.5, 0.6) is 0 Å². The fraction of sp³-hybridized carbons (Fsp3) is 0.533. The Morgan fingerprint density at radius 3 is 2.84 bits per heavy atom. The van der Waals surface area contributed by atoms with E-state index in [4.69, 9.17) is 5.73 Å². The molecule has 0 amide bonds. The van der Waals surface area contributed by atoms with Gasteiger partial charge in [-0.3, -0.25) is 4.90 Å². The minimum atomic E-state index is 0.671. The zero-order chi connectivity index (χ0) is 12.8. The van der Waals surface area contributed by atoms with Gasteiger partial charge in [-0.15, -0.1) is 0 Å². The van der Waals surface area contributed by atoms with Crippen molar-refractivity contribution in [2.24, 2.45) is 5.92 Å². The second-order valence-corrected chi connectivity index (χ2v) is 7.02. The Morgan fingerprint density at radius 1 is 1.26 bits per heavy atom. The van der Waals surface area contributed by atoms with Crippen molar-refractivity contribution in [2.75, 3.05) is 12.3 Å². The second kappa shape index (κ2) is 4.46. The quantitative estimate of drug-likeness (QED) is 0.909. The molecule has 3 nitrogen and oxygen atoms in total. The predicted octanol–water partition coefficient (Wildman–Crippen LogP) is 3.25. The lowest BCUT2D eigenvalue weighted by Crippen LogP contribution is -2.27. The number of benzene rings is 1. The molecule has 1 aromatic heterocycles. The molecule has 2 saturated carbocycles. The van der Waals surface area contributed by atoms with Gasteiger partial charge in [-0.05, 0) is 49.3 Å². The highest BCUT2D eigenvalue weighted by atomic mass is 32.1. The molecule has 2 N–H and O–H groups in total. The molecule has 2 aliphatic rings. The van der Waals surface area contributed by atoms with Crippen molar-refractivity contribution in [1.29, 1.82) is 0 Å². The molecule has 0 radical (unpaired) electrons.